The van der Waals surface area contributed by atoms with Gasteiger partial charge in [0.1, 0.15) is 0 Å². The Labute approximate surface area is 189 Å². The third kappa shape index (κ3) is 12.1. The van der Waals surface area contributed by atoms with E-state index in [1.807, 2.05) is 20.8 Å². The van der Waals surface area contributed by atoms with Crippen molar-refractivity contribution in [1.29, 1.82) is 0 Å². The first-order valence-corrected chi connectivity index (χ1v) is 7.31. The van der Waals surface area contributed by atoms with Gasteiger partial charge in [-0.1, -0.05) is 69.7 Å². The van der Waals surface area contributed by atoms with Crippen molar-refractivity contribution in [3.63, 3.8) is 0 Å². The monoisotopic (exact) mass is 413 g/mol. The van der Waals surface area contributed by atoms with Gasteiger partial charge in [-0.3, -0.25) is 0 Å². The normalized spacial score (nSPS) is 8.63. The fourth-order valence-electron chi connectivity index (χ4n) is 2.25. The van der Waals surface area contributed by atoms with Crippen molar-refractivity contribution in [2.24, 2.45) is 0 Å². The van der Waals surface area contributed by atoms with Gasteiger partial charge in [-0.2, -0.15) is 6.07 Å². The molecule has 3 rings (SSSR count). The first-order valence-electron chi connectivity index (χ1n) is 7.31. The van der Waals surface area contributed by atoms with E-state index < -0.39 is 0 Å². The molecule has 3 heteroatoms. The van der Waals surface area contributed by atoms with E-state index in [1.54, 1.807) is 0 Å². The standard InChI is InChI=1S/C16H13.C4H10N.4CH3.Si.Ti/c1-12-10-14-8-5-9-15(16(14)11-12)13-6-3-2-4-7-13;1-4(2,3)5;;;;;;/h2-11H,1H3;5H,1-3H3;4*1H3;;/q6*-1;;. The zero-order chi connectivity index (χ0) is 15.5. The Morgan fingerprint density at radius 2 is 1.30 bits per heavy atom. The number of rotatable bonds is 1. The maximum Gasteiger partial charge on any atom is 0 e. The molecule has 0 aromatic heterocycles. The topological polar surface area (TPSA) is 23.8 Å². The smallest absolute Gasteiger partial charge is 0 e. The van der Waals surface area contributed by atoms with Gasteiger partial charge in [0.05, 0.1) is 0 Å². The fourth-order valence-corrected chi connectivity index (χ4v) is 2.25. The van der Waals surface area contributed by atoms with E-state index in [0.717, 1.165) is 0 Å². The summed E-state index contributed by atoms with van der Waals surface area (Å²) in [6, 6.07) is 21.6. The van der Waals surface area contributed by atoms with Crippen molar-refractivity contribution in [3.05, 3.63) is 102 Å². The molecular formula is C24H35NSiTi-6. The molecule has 0 saturated carbocycles. The van der Waals surface area contributed by atoms with Crippen LogP contribution in [0, 0.1) is 36.6 Å². The molecule has 0 amide bonds. The SMILES string of the molecule is CC(C)(C)[NH-].Cc1cc2c(-c3ccccc3)cccc2[cH-]1.[CH3-].[CH3-].[CH3-].[CH3-].[Si].[Ti]. The Balaban J connectivity index is -0.000000133. The van der Waals surface area contributed by atoms with Crippen molar-refractivity contribution in [3.8, 4) is 11.1 Å². The fraction of sp³-hybridized carbons (Fsp3) is 0.208. The average Bonchev–Trinajstić information content (AvgIpc) is 2.77. The van der Waals surface area contributed by atoms with Gasteiger partial charge in [-0.25, -0.2) is 0 Å². The van der Waals surface area contributed by atoms with Crippen LogP contribution in [0.2, 0.25) is 0 Å². The Hall–Kier alpha value is -1.06. The maximum atomic E-state index is 6.94. The molecule has 0 aliphatic heterocycles. The van der Waals surface area contributed by atoms with Crippen LogP contribution in [-0.4, -0.2) is 16.5 Å². The molecule has 0 fully saturated rings. The Kier molecular flexibility index (Phi) is 21.7. The summed E-state index contributed by atoms with van der Waals surface area (Å²) in [6.45, 7) is 7.71. The molecule has 1 N–H and O–H groups in total. The van der Waals surface area contributed by atoms with E-state index >= 15 is 0 Å². The summed E-state index contributed by atoms with van der Waals surface area (Å²) in [5, 5.41) is 2.69. The van der Waals surface area contributed by atoms with Crippen LogP contribution in [0.1, 0.15) is 26.3 Å². The molecule has 4 radical (unpaired) electrons. The minimum atomic E-state index is -0.250. The molecule has 27 heavy (non-hydrogen) atoms. The summed E-state index contributed by atoms with van der Waals surface area (Å²) in [6.07, 6.45) is 0. The molecule has 150 valence electrons. The molecule has 0 bridgehead atoms. The van der Waals surface area contributed by atoms with Crippen LogP contribution in [0.4, 0.5) is 0 Å². The molecule has 3 aromatic carbocycles. The van der Waals surface area contributed by atoms with E-state index in [2.05, 4.69) is 67.6 Å². The van der Waals surface area contributed by atoms with Gasteiger partial charge in [0.25, 0.3) is 0 Å². The van der Waals surface area contributed by atoms with E-state index in [9.17, 15) is 0 Å². The summed E-state index contributed by atoms with van der Waals surface area (Å²) < 4.78 is 0. The molecule has 0 spiro atoms. The van der Waals surface area contributed by atoms with Crippen molar-refractivity contribution in [2.75, 3.05) is 0 Å². The molecule has 0 atom stereocenters. The third-order valence-corrected chi connectivity index (χ3v) is 2.98. The minimum Gasteiger partial charge on any atom is -0.673 e. The second-order valence-electron chi connectivity index (χ2n) is 6.46. The van der Waals surface area contributed by atoms with E-state index in [-0.39, 0.29) is 67.9 Å². The zero-order valence-electron chi connectivity index (χ0n) is 18.3. The van der Waals surface area contributed by atoms with Gasteiger partial charge in [-0.05, 0) is 5.56 Å². The van der Waals surface area contributed by atoms with Crippen LogP contribution in [-0.2, 0) is 21.7 Å². The molecule has 0 aliphatic carbocycles. The molecule has 3 aromatic rings. The van der Waals surface area contributed by atoms with Crippen LogP contribution in [0.25, 0.3) is 27.6 Å². The van der Waals surface area contributed by atoms with Crippen molar-refractivity contribution in [1.82, 2.24) is 0 Å². The Morgan fingerprint density at radius 1 is 0.815 bits per heavy atom. The first-order chi connectivity index (χ1) is 9.84. The number of fused-ring (bicyclic) bond motifs is 1. The second kappa shape index (κ2) is 15.9. The van der Waals surface area contributed by atoms with Gasteiger partial charge in [0.15, 0.2) is 0 Å². The zero-order valence-corrected chi connectivity index (χ0v) is 20.8. The van der Waals surface area contributed by atoms with E-state index in [4.69, 9.17) is 5.73 Å². The summed E-state index contributed by atoms with van der Waals surface area (Å²) in [4.78, 5) is 0. The molecule has 1 nitrogen and oxygen atoms in total. The van der Waals surface area contributed by atoms with Crippen molar-refractivity contribution in [2.45, 2.75) is 33.2 Å². The number of hydrogen-bond acceptors (Lipinski definition) is 0. The number of nitrogens with one attached hydrogen (secondary N) is 1. The summed E-state index contributed by atoms with van der Waals surface area (Å²) in [7, 11) is 0. The van der Waals surface area contributed by atoms with Crippen LogP contribution in [0.3, 0.4) is 0 Å². The number of hydrogen-bond donors (Lipinski definition) is 0. The molecule has 0 unspecified atom stereocenters. The van der Waals surface area contributed by atoms with Gasteiger partial charge in [0, 0.05) is 32.7 Å². The van der Waals surface area contributed by atoms with Crippen LogP contribution < -0.4 is 0 Å². The maximum absolute atomic E-state index is 6.94. The largest absolute Gasteiger partial charge is 0.673 e. The number of benzene rings is 2. The summed E-state index contributed by atoms with van der Waals surface area (Å²) in [5.74, 6) is 0. The van der Waals surface area contributed by atoms with Crippen molar-refractivity contribution >= 4 is 21.7 Å². The van der Waals surface area contributed by atoms with Gasteiger partial charge in [-0.15, -0.1) is 40.1 Å². The van der Waals surface area contributed by atoms with Crippen LogP contribution in [0.15, 0.2) is 60.7 Å². The average molecular weight is 414 g/mol. The van der Waals surface area contributed by atoms with Gasteiger partial charge < -0.3 is 35.4 Å². The number of aryl methyl sites for hydroxylation is 1. The molecule has 0 aliphatic rings. The Morgan fingerprint density at radius 3 is 1.78 bits per heavy atom. The minimum absolute atomic E-state index is 0. The van der Waals surface area contributed by atoms with Crippen LogP contribution >= 0.6 is 0 Å². The van der Waals surface area contributed by atoms with Gasteiger partial charge >= 0.3 is 0 Å². The van der Waals surface area contributed by atoms with E-state index in [0.29, 0.717) is 0 Å². The predicted molar refractivity (Wildman–Crippen MR) is 125 cm³/mol. The molecule has 0 heterocycles. The van der Waals surface area contributed by atoms with E-state index in [1.165, 1.54) is 27.5 Å². The van der Waals surface area contributed by atoms with Crippen LogP contribution in [0.5, 0.6) is 0 Å². The molecule has 0 saturated heterocycles. The third-order valence-electron chi connectivity index (χ3n) is 2.98. The summed E-state index contributed by atoms with van der Waals surface area (Å²) >= 11 is 0. The van der Waals surface area contributed by atoms with Gasteiger partial charge in [0.2, 0.25) is 0 Å². The predicted octanol–water partition coefficient (Wildman–Crippen LogP) is 7.79. The molecular weight excluding hydrogens is 378 g/mol. The van der Waals surface area contributed by atoms with Crippen molar-refractivity contribution < 1.29 is 21.7 Å². The Bertz CT molecular complexity index is 706. The first kappa shape index (κ1) is 36.8. The quantitative estimate of drug-likeness (QED) is 0.287. The summed E-state index contributed by atoms with van der Waals surface area (Å²) in [5.41, 5.74) is 10.6. The second-order valence-corrected chi connectivity index (χ2v) is 6.46.